The summed E-state index contributed by atoms with van der Waals surface area (Å²) in [6, 6.07) is 8.96. The minimum atomic E-state index is 0.190. The van der Waals surface area contributed by atoms with Crippen LogP contribution in [0, 0.1) is 0 Å². The summed E-state index contributed by atoms with van der Waals surface area (Å²) in [7, 11) is 0. The first-order valence-electron chi connectivity index (χ1n) is 10.5. The van der Waals surface area contributed by atoms with Crippen molar-refractivity contribution in [3.63, 3.8) is 0 Å². The van der Waals surface area contributed by atoms with Gasteiger partial charge < -0.3 is 4.90 Å². The lowest BCUT2D eigenvalue weighted by atomic mass is 10.1. The Morgan fingerprint density at radius 2 is 1.54 bits per heavy atom. The maximum Gasteiger partial charge on any atom is 0.253 e. The van der Waals surface area contributed by atoms with E-state index in [1.165, 1.54) is 50.8 Å². The Balaban J connectivity index is 1.52. The molecule has 0 spiro atoms. The summed E-state index contributed by atoms with van der Waals surface area (Å²) in [6.07, 6.45) is 6.55. The van der Waals surface area contributed by atoms with Gasteiger partial charge in [-0.25, -0.2) is 0 Å². The van der Waals surface area contributed by atoms with Crippen LogP contribution < -0.4 is 0 Å². The van der Waals surface area contributed by atoms with E-state index >= 15 is 0 Å². The Kier molecular flexibility index (Phi) is 7.09. The summed E-state index contributed by atoms with van der Waals surface area (Å²) in [5.74, 6) is 0.190. The molecule has 26 heavy (non-hydrogen) atoms. The molecule has 1 aromatic rings. The van der Waals surface area contributed by atoms with Crippen molar-refractivity contribution in [2.24, 2.45) is 0 Å². The fourth-order valence-electron chi connectivity index (χ4n) is 4.11. The summed E-state index contributed by atoms with van der Waals surface area (Å²) in [5.41, 5.74) is 2.16. The summed E-state index contributed by atoms with van der Waals surface area (Å²) in [6.45, 7) is 11.6. The molecule has 1 aromatic carbocycles. The molecule has 2 aliphatic rings. The molecular formula is C22H35N3O. The number of hydrogen-bond donors (Lipinski definition) is 0. The molecule has 0 aromatic heterocycles. The molecule has 0 aliphatic carbocycles. The average molecular weight is 358 g/mol. The number of piperazine rings is 1. The highest BCUT2D eigenvalue weighted by molar-refractivity contribution is 5.94. The Bertz CT molecular complexity index is 555. The van der Waals surface area contributed by atoms with Gasteiger partial charge in [0.2, 0.25) is 0 Å². The number of carbonyl (C=O) groups excluding carboxylic acids is 1. The van der Waals surface area contributed by atoms with Crippen LogP contribution in [-0.2, 0) is 6.54 Å². The molecule has 2 aliphatic heterocycles. The first-order valence-corrected chi connectivity index (χ1v) is 10.5. The van der Waals surface area contributed by atoms with Crippen LogP contribution in [-0.4, -0.2) is 65.9 Å². The van der Waals surface area contributed by atoms with Crippen molar-refractivity contribution in [2.75, 3.05) is 39.3 Å². The third kappa shape index (κ3) is 5.08. The van der Waals surface area contributed by atoms with Crippen LogP contribution in [0.3, 0.4) is 0 Å². The minimum absolute atomic E-state index is 0.190. The van der Waals surface area contributed by atoms with Crippen LogP contribution in [0.15, 0.2) is 24.3 Å². The fraction of sp³-hybridized carbons (Fsp3) is 0.682. The van der Waals surface area contributed by atoms with E-state index in [1.807, 2.05) is 17.0 Å². The van der Waals surface area contributed by atoms with Gasteiger partial charge in [0, 0.05) is 44.3 Å². The first-order chi connectivity index (χ1) is 12.7. The molecule has 2 heterocycles. The maximum atomic E-state index is 12.8. The van der Waals surface area contributed by atoms with Gasteiger partial charge >= 0.3 is 0 Å². The summed E-state index contributed by atoms with van der Waals surface area (Å²) in [5, 5.41) is 0. The van der Waals surface area contributed by atoms with Crippen molar-refractivity contribution < 1.29 is 4.79 Å². The molecular weight excluding hydrogens is 322 g/mol. The van der Waals surface area contributed by atoms with Gasteiger partial charge in [-0.3, -0.25) is 14.6 Å². The van der Waals surface area contributed by atoms with Crippen LogP contribution in [0.1, 0.15) is 61.9 Å². The van der Waals surface area contributed by atoms with Crippen molar-refractivity contribution in [1.82, 2.24) is 14.7 Å². The predicted molar refractivity (Wildman–Crippen MR) is 107 cm³/mol. The quantitative estimate of drug-likeness (QED) is 0.805. The molecule has 1 atom stereocenters. The Morgan fingerprint density at radius 3 is 2.12 bits per heavy atom. The Hall–Kier alpha value is -1.39. The summed E-state index contributed by atoms with van der Waals surface area (Å²) >= 11 is 0. The lowest BCUT2D eigenvalue weighted by Gasteiger charge is -2.37. The third-order valence-electron chi connectivity index (χ3n) is 6.12. The molecule has 0 radical (unpaired) electrons. The van der Waals surface area contributed by atoms with Crippen molar-refractivity contribution in [3.8, 4) is 0 Å². The Labute approximate surface area is 159 Å². The second-order valence-corrected chi connectivity index (χ2v) is 7.97. The zero-order valence-corrected chi connectivity index (χ0v) is 16.6. The molecule has 3 rings (SSSR count). The number of hydrogen-bond acceptors (Lipinski definition) is 3. The van der Waals surface area contributed by atoms with Gasteiger partial charge in [0.25, 0.3) is 5.91 Å². The van der Waals surface area contributed by atoms with Gasteiger partial charge in [-0.2, -0.15) is 0 Å². The first kappa shape index (κ1) is 19.4. The van der Waals surface area contributed by atoms with E-state index in [9.17, 15) is 4.79 Å². The Morgan fingerprint density at radius 1 is 0.923 bits per heavy atom. The number of amides is 1. The lowest BCUT2D eigenvalue weighted by molar-refractivity contribution is 0.0579. The van der Waals surface area contributed by atoms with E-state index in [4.69, 9.17) is 0 Å². The second kappa shape index (κ2) is 9.52. The largest absolute Gasteiger partial charge is 0.336 e. The van der Waals surface area contributed by atoms with Gasteiger partial charge in [-0.1, -0.05) is 31.9 Å². The van der Waals surface area contributed by atoms with E-state index in [2.05, 4.69) is 35.8 Å². The zero-order chi connectivity index (χ0) is 18.4. The van der Waals surface area contributed by atoms with Crippen molar-refractivity contribution >= 4 is 5.91 Å². The normalized spacial score (nSPS) is 21.4. The van der Waals surface area contributed by atoms with Crippen molar-refractivity contribution in [1.29, 1.82) is 0 Å². The topological polar surface area (TPSA) is 26.8 Å². The standard InChI is InChI=1S/C22H35N3O/c1-3-19(2)24-14-16-25(17-15-24)22(26)21-10-8-20(9-11-21)18-23-12-6-4-5-7-13-23/h8-11,19H,3-7,12-18H2,1-2H3. The van der Waals surface area contributed by atoms with Gasteiger partial charge in [0.15, 0.2) is 0 Å². The summed E-state index contributed by atoms with van der Waals surface area (Å²) < 4.78 is 0. The monoisotopic (exact) mass is 357 g/mol. The van der Waals surface area contributed by atoms with Crippen LogP contribution in [0.2, 0.25) is 0 Å². The number of rotatable bonds is 5. The fourth-order valence-corrected chi connectivity index (χ4v) is 4.11. The van der Waals surface area contributed by atoms with Crippen LogP contribution in [0.25, 0.3) is 0 Å². The van der Waals surface area contributed by atoms with Gasteiger partial charge in [-0.15, -0.1) is 0 Å². The number of carbonyl (C=O) groups is 1. The van der Waals surface area contributed by atoms with Crippen LogP contribution in [0.4, 0.5) is 0 Å². The van der Waals surface area contributed by atoms with E-state index in [-0.39, 0.29) is 5.91 Å². The molecule has 0 saturated carbocycles. The maximum absolute atomic E-state index is 12.8. The van der Waals surface area contributed by atoms with Crippen LogP contribution >= 0.6 is 0 Å². The highest BCUT2D eigenvalue weighted by atomic mass is 16.2. The molecule has 1 unspecified atom stereocenters. The minimum Gasteiger partial charge on any atom is -0.336 e. The lowest BCUT2D eigenvalue weighted by Crippen LogP contribution is -2.51. The second-order valence-electron chi connectivity index (χ2n) is 7.97. The predicted octanol–water partition coefficient (Wildman–Crippen LogP) is 3.62. The molecule has 1 amide bonds. The SMILES string of the molecule is CCC(C)N1CCN(C(=O)c2ccc(CN3CCCCCC3)cc2)CC1. The molecule has 2 fully saturated rings. The van der Waals surface area contributed by atoms with E-state index in [1.54, 1.807) is 0 Å². The van der Waals surface area contributed by atoms with Crippen LogP contribution in [0.5, 0.6) is 0 Å². The average Bonchev–Trinajstić information content (AvgIpc) is 2.96. The molecule has 4 heteroatoms. The molecule has 2 saturated heterocycles. The van der Waals surface area contributed by atoms with Gasteiger partial charge in [-0.05, 0) is 57.0 Å². The summed E-state index contributed by atoms with van der Waals surface area (Å²) in [4.78, 5) is 19.9. The van der Waals surface area contributed by atoms with Gasteiger partial charge in [0.1, 0.15) is 0 Å². The molecule has 0 bridgehead atoms. The zero-order valence-electron chi connectivity index (χ0n) is 16.6. The van der Waals surface area contributed by atoms with Gasteiger partial charge in [0.05, 0.1) is 0 Å². The number of benzene rings is 1. The third-order valence-corrected chi connectivity index (χ3v) is 6.12. The number of nitrogens with zero attached hydrogens (tertiary/aromatic N) is 3. The van der Waals surface area contributed by atoms with Crippen molar-refractivity contribution in [2.45, 2.75) is 58.5 Å². The van der Waals surface area contributed by atoms with E-state index in [0.29, 0.717) is 6.04 Å². The molecule has 144 valence electrons. The smallest absolute Gasteiger partial charge is 0.253 e. The number of likely N-dealkylation sites (tertiary alicyclic amines) is 1. The molecule has 4 nitrogen and oxygen atoms in total. The molecule has 0 N–H and O–H groups in total. The highest BCUT2D eigenvalue weighted by Gasteiger charge is 2.24. The van der Waals surface area contributed by atoms with E-state index < -0.39 is 0 Å². The van der Waals surface area contributed by atoms with E-state index in [0.717, 1.165) is 38.3 Å². The highest BCUT2D eigenvalue weighted by Crippen LogP contribution is 2.16. The van der Waals surface area contributed by atoms with Crippen molar-refractivity contribution in [3.05, 3.63) is 35.4 Å².